The van der Waals surface area contributed by atoms with Crippen molar-refractivity contribution in [3.05, 3.63) is 99.1 Å². The number of amides is 1. The molecule has 0 bridgehead atoms. The molecule has 1 N–H and O–H groups in total. The summed E-state index contributed by atoms with van der Waals surface area (Å²) in [7, 11) is 0. The van der Waals surface area contributed by atoms with Crippen LogP contribution in [0.4, 0.5) is 23.7 Å². The van der Waals surface area contributed by atoms with Gasteiger partial charge in [0.1, 0.15) is 6.61 Å². The Bertz CT molecular complexity index is 1300. The van der Waals surface area contributed by atoms with Crippen molar-refractivity contribution in [3.8, 4) is 23.0 Å². The Hall–Kier alpha value is -4.32. The second-order valence-corrected chi connectivity index (χ2v) is 7.83. The molecule has 0 spiro atoms. The fourth-order valence-corrected chi connectivity index (χ4v) is 3.99. The van der Waals surface area contributed by atoms with Gasteiger partial charge in [0, 0.05) is 36.6 Å². The number of non-ortho nitro benzene ring substituents is 1. The van der Waals surface area contributed by atoms with Crippen LogP contribution in [0.2, 0.25) is 0 Å². The number of fused-ring (bicyclic) bond motifs is 3. The number of hydrogen-bond acceptors (Lipinski definition) is 4. The van der Waals surface area contributed by atoms with Gasteiger partial charge in [-0.1, -0.05) is 60.4 Å². The summed E-state index contributed by atoms with van der Waals surface area (Å²) >= 11 is 0. The Morgan fingerprint density at radius 2 is 1.66 bits per heavy atom. The lowest BCUT2D eigenvalue weighted by molar-refractivity contribution is -0.385. The largest absolute Gasteiger partial charge is 0.449 e. The Kier molecular flexibility index (Phi) is 6.73. The Balaban J connectivity index is 1.32. The van der Waals surface area contributed by atoms with Gasteiger partial charge >= 0.3 is 12.3 Å². The van der Waals surface area contributed by atoms with Gasteiger partial charge in [0.05, 0.1) is 10.5 Å². The van der Waals surface area contributed by atoms with Crippen molar-refractivity contribution in [2.24, 2.45) is 0 Å². The molecule has 9 heteroatoms. The molecule has 6 nitrogen and oxygen atoms in total. The lowest BCUT2D eigenvalue weighted by Gasteiger charge is -2.14. The zero-order chi connectivity index (χ0) is 25.0. The fourth-order valence-electron chi connectivity index (χ4n) is 3.99. The maximum atomic E-state index is 13.0. The van der Waals surface area contributed by atoms with E-state index in [9.17, 15) is 28.1 Å². The normalized spacial score (nSPS) is 12.2. The number of alkyl halides is 3. The van der Waals surface area contributed by atoms with Crippen LogP contribution in [-0.4, -0.2) is 24.2 Å². The lowest BCUT2D eigenvalue weighted by Crippen LogP contribution is -2.26. The molecule has 3 aromatic rings. The summed E-state index contributed by atoms with van der Waals surface area (Å²) < 4.78 is 44.3. The maximum absolute atomic E-state index is 13.0. The minimum absolute atomic E-state index is 0.0790. The molecule has 0 fully saturated rings. The number of nitrogens with zero attached hydrogens (tertiary/aromatic N) is 1. The number of carbonyl (C=O) groups excluding carboxylic acids is 1. The average molecular weight is 480 g/mol. The number of hydrogen-bond donors (Lipinski definition) is 1. The molecular weight excluding hydrogens is 461 g/mol. The molecule has 0 heterocycles. The number of halogens is 3. The molecule has 0 aliphatic heterocycles. The van der Waals surface area contributed by atoms with Crippen molar-refractivity contribution in [2.45, 2.75) is 18.5 Å². The molecular formula is C26H19F3N2O4. The smallest absolute Gasteiger partial charge is 0.416 e. The van der Waals surface area contributed by atoms with E-state index in [2.05, 4.69) is 17.2 Å². The van der Waals surface area contributed by atoms with Gasteiger partial charge in [-0.2, -0.15) is 13.2 Å². The number of nitro groups is 1. The van der Waals surface area contributed by atoms with Crippen molar-refractivity contribution in [2.75, 3.05) is 13.2 Å². The summed E-state index contributed by atoms with van der Waals surface area (Å²) in [4.78, 5) is 22.2. The van der Waals surface area contributed by atoms with Crippen LogP contribution in [0, 0.1) is 22.0 Å². The summed E-state index contributed by atoms with van der Waals surface area (Å²) in [5, 5.41) is 13.5. The average Bonchev–Trinajstić information content (AvgIpc) is 3.15. The zero-order valence-electron chi connectivity index (χ0n) is 18.3. The molecule has 1 aliphatic carbocycles. The molecule has 0 atom stereocenters. The molecule has 35 heavy (non-hydrogen) atoms. The first-order valence-electron chi connectivity index (χ1n) is 10.7. The zero-order valence-corrected chi connectivity index (χ0v) is 18.3. The van der Waals surface area contributed by atoms with Gasteiger partial charge < -0.3 is 10.1 Å². The summed E-state index contributed by atoms with van der Waals surface area (Å²) in [6.07, 6.45) is -5.24. The predicted molar refractivity (Wildman–Crippen MR) is 123 cm³/mol. The van der Waals surface area contributed by atoms with Gasteiger partial charge in [-0.25, -0.2) is 4.79 Å². The molecule has 0 saturated heterocycles. The fraction of sp³-hybridized carbons (Fsp3) is 0.192. The van der Waals surface area contributed by atoms with E-state index in [4.69, 9.17) is 4.74 Å². The highest BCUT2D eigenvalue weighted by Crippen LogP contribution is 2.44. The number of ether oxygens (including phenoxy) is 1. The molecule has 1 aliphatic rings. The minimum atomic E-state index is -4.73. The van der Waals surface area contributed by atoms with Crippen LogP contribution >= 0.6 is 0 Å². The number of rotatable bonds is 5. The van der Waals surface area contributed by atoms with Crippen molar-refractivity contribution in [3.63, 3.8) is 0 Å². The lowest BCUT2D eigenvalue weighted by atomic mass is 9.98. The minimum Gasteiger partial charge on any atom is -0.449 e. The van der Waals surface area contributed by atoms with E-state index in [1.165, 1.54) is 0 Å². The molecule has 0 unspecified atom stereocenters. The van der Waals surface area contributed by atoms with Crippen LogP contribution in [0.15, 0.2) is 66.7 Å². The first-order chi connectivity index (χ1) is 16.7. The van der Waals surface area contributed by atoms with Gasteiger partial charge in [0.25, 0.3) is 5.69 Å². The van der Waals surface area contributed by atoms with Crippen molar-refractivity contribution >= 4 is 11.8 Å². The van der Waals surface area contributed by atoms with Gasteiger partial charge in [-0.3, -0.25) is 10.1 Å². The molecule has 178 valence electrons. The monoisotopic (exact) mass is 480 g/mol. The van der Waals surface area contributed by atoms with Crippen LogP contribution < -0.4 is 5.32 Å². The molecule has 3 aromatic carbocycles. The first kappa shape index (κ1) is 23.8. The third kappa shape index (κ3) is 5.44. The highest BCUT2D eigenvalue weighted by molar-refractivity contribution is 5.79. The second kappa shape index (κ2) is 9.89. The van der Waals surface area contributed by atoms with E-state index < -0.39 is 28.4 Å². The molecule has 0 radical (unpaired) electrons. The van der Waals surface area contributed by atoms with Gasteiger partial charge in [-0.15, -0.1) is 0 Å². The van der Waals surface area contributed by atoms with Gasteiger partial charge in [-0.05, 0) is 28.3 Å². The second-order valence-electron chi connectivity index (χ2n) is 7.83. The summed E-state index contributed by atoms with van der Waals surface area (Å²) in [5.74, 6) is 5.01. The van der Waals surface area contributed by atoms with Gasteiger partial charge in [0.15, 0.2) is 0 Å². The maximum Gasteiger partial charge on any atom is 0.416 e. The highest BCUT2D eigenvalue weighted by atomic mass is 19.4. The van der Waals surface area contributed by atoms with E-state index in [0.717, 1.165) is 34.4 Å². The number of nitrogens with one attached hydrogen (secondary N) is 1. The van der Waals surface area contributed by atoms with Gasteiger partial charge in [0.2, 0.25) is 0 Å². The third-order valence-electron chi connectivity index (χ3n) is 5.55. The Labute approximate surface area is 198 Å². The highest BCUT2D eigenvalue weighted by Gasteiger charge is 2.32. The van der Waals surface area contributed by atoms with Crippen molar-refractivity contribution in [1.82, 2.24) is 5.32 Å². The number of benzene rings is 3. The van der Waals surface area contributed by atoms with Crippen molar-refractivity contribution in [1.29, 1.82) is 0 Å². The molecule has 4 rings (SSSR count). The molecule has 0 saturated carbocycles. The van der Waals surface area contributed by atoms with E-state index in [0.29, 0.717) is 6.07 Å². The van der Waals surface area contributed by atoms with Crippen LogP contribution in [0.3, 0.4) is 0 Å². The summed E-state index contributed by atoms with van der Waals surface area (Å²) in [5.41, 5.74) is 2.43. The van der Waals surface area contributed by atoms with E-state index >= 15 is 0 Å². The summed E-state index contributed by atoms with van der Waals surface area (Å²) in [6.45, 7) is 0.254. The predicted octanol–water partition coefficient (Wildman–Crippen LogP) is 5.89. The van der Waals surface area contributed by atoms with Crippen LogP contribution in [-0.2, 0) is 10.9 Å². The first-order valence-corrected chi connectivity index (χ1v) is 10.7. The summed E-state index contributed by atoms with van der Waals surface area (Å²) in [6, 6.07) is 18.1. The number of alkyl carbamates (subject to hydrolysis) is 1. The van der Waals surface area contributed by atoms with E-state index in [1.807, 2.05) is 48.5 Å². The van der Waals surface area contributed by atoms with Crippen LogP contribution in [0.1, 0.15) is 34.6 Å². The topological polar surface area (TPSA) is 81.5 Å². The SMILES string of the molecule is O=C(NCCC#Cc1cc([N+](=O)[O-])cc(C(F)(F)F)c1)OCC1c2ccccc2-c2ccccc21. The molecule has 0 aromatic heterocycles. The van der Waals surface area contributed by atoms with Crippen LogP contribution in [0.5, 0.6) is 0 Å². The van der Waals surface area contributed by atoms with E-state index in [1.54, 1.807) is 0 Å². The number of nitro benzene ring substituents is 1. The Morgan fingerprint density at radius 1 is 1.03 bits per heavy atom. The van der Waals surface area contributed by atoms with E-state index in [-0.39, 0.29) is 31.1 Å². The van der Waals surface area contributed by atoms with Crippen molar-refractivity contribution < 1.29 is 27.6 Å². The quantitative estimate of drug-likeness (QED) is 0.214. The molecule has 1 amide bonds. The number of carbonyl (C=O) groups is 1. The van der Waals surface area contributed by atoms with Crippen LogP contribution in [0.25, 0.3) is 11.1 Å². The Morgan fingerprint density at radius 3 is 2.26 bits per heavy atom. The standard InChI is InChI=1S/C26H19F3N2O4/c27-26(28,29)18-13-17(14-19(15-18)31(33)34)7-5-6-12-30-25(32)35-16-24-22-10-3-1-8-20(22)21-9-2-4-11-23(21)24/h1-4,8-11,13-15,24H,6,12,16H2,(H,30,32). The third-order valence-corrected chi connectivity index (χ3v) is 5.55.